The SMILES string of the molecule is O=C(O)COc1c(C(=O)O)sc(-c2cccc(N(C3CCNCC3)S(=O)(=O)Cc3ccccc3Cl)c2)c1Br. The lowest BCUT2D eigenvalue weighted by atomic mass is 10.1. The van der Waals surface area contributed by atoms with Gasteiger partial charge in [0, 0.05) is 11.1 Å². The van der Waals surface area contributed by atoms with E-state index in [-0.39, 0.29) is 26.9 Å². The summed E-state index contributed by atoms with van der Waals surface area (Å²) in [6, 6.07) is 13.4. The number of hydrogen-bond donors (Lipinski definition) is 3. The van der Waals surface area contributed by atoms with Gasteiger partial charge in [-0.05, 0) is 71.2 Å². The fourth-order valence-electron chi connectivity index (χ4n) is 4.29. The lowest BCUT2D eigenvalue weighted by Gasteiger charge is -2.35. The molecule has 0 saturated carbocycles. The molecule has 1 fully saturated rings. The molecule has 0 unspecified atom stereocenters. The van der Waals surface area contributed by atoms with Gasteiger partial charge in [0.05, 0.1) is 20.8 Å². The van der Waals surface area contributed by atoms with Gasteiger partial charge in [-0.1, -0.05) is 41.9 Å². The first-order chi connectivity index (χ1) is 18.1. The van der Waals surface area contributed by atoms with Crippen LogP contribution in [0.2, 0.25) is 5.02 Å². The molecule has 2 heterocycles. The zero-order valence-corrected chi connectivity index (χ0v) is 23.9. The maximum Gasteiger partial charge on any atom is 0.349 e. The number of benzene rings is 2. The first kappa shape index (κ1) is 28.4. The van der Waals surface area contributed by atoms with E-state index in [9.17, 15) is 23.1 Å². The number of rotatable bonds is 10. The molecule has 1 aromatic heterocycles. The van der Waals surface area contributed by atoms with Gasteiger partial charge in [0.25, 0.3) is 0 Å². The molecule has 4 rings (SSSR count). The van der Waals surface area contributed by atoms with Crippen LogP contribution in [0.1, 0.15) is 28.1 Å². The second-order valence-electron chi connectivity index (χ2n) is 8.57. The van der Waals surface area contributed by atoms with Gasteiger partial charge in [-0.2, -0.15) is 0 Å². The summed E-state index contributed by atoms with van der Waals surface area (Å²) >= 11 is 10.6. The van der Waals surface area contributed by atoms with Crippen LogP contribution in [0.3, 0.4) is 0 Å². The van der Waals surface area contributed by atoms with Crippen LogP contribution in [0.5, 0.6) is 5.75 Å². The highest BCUT2D eigenvalue weighted by Crippen LogP contribution is 2.46. The third-order valence-electron chi connectivity index (χ3n) is 5.94. The summed E-state index contributed by atoms with van der Waals surface area (Å²) in [5, 5.41) is 22.3. The molecule has 2 aromatic carbocycles. The van der Waals surface area contributed by atoms with Crippen molar-refractivity contribution < 1.29 is 33.0 Å². The summed E-state index contributed by atoms with van der Waals surface area (Å²) in [6.07, 6.45) is 1.23. The topological polar surface area (TPSA) is 133 Å². The second kappa shape index (κ2) is 12.0. The van der Waals surface area contributed by atoms with Crippen molar-refractivity contribution in [1.82, 2.24) is 5.32 Å². The normalized spacial score (nSPS) is 14.3. The van der Waals surface area contributed by atoms with Crippen LogP contribution in [0.25, 0.3) is 10.4 Å². The average molecular weight is 644 g/mol. The fourth-order valence-corrected chi connectivity index (χ4v) is 8.34. The molecule has 1 saturated heterocycles. The molecule has 0 bridgehead atoms. The number of aliphatic carboxylic acids is 1. The summed E-state index contributed by atoms with van der Waals surface area (Å²) < 4.78 is 34.7. The van der Waals surface area contributed by atoms with Crippen LogP contribution in [0.15, 0.2) is 53.0 Å². The molecule has 13 heteroatoms. The predicted molar refractivity (Wildman–Crippen MR) is 150 cm³/mol. The van der Waals surface area contributed by atoms with Gasteiger partial charge in [0.1, 0.15) is 0 Å². The Morgan fingerprint density at radius 1 is 1.13 bits per heavy atom. The monoisotopic (exact) mass is 642 g/mol. The third-order valence-corrected chi connectivity index (χ3v) is 10.3. The number of anilines is 1. The number of nitrogens with one attached hydrogen (secondary N) is 1. The van der Waals surface area contributed by atoms with Crippen LogP contribution in [-0.4, -0.2) is 56.3 Å². The number of aromatic carboxylic acids is 1. The Morgan fingerprint density at radius 2 is 1.84 bits per heavy atom. The summed E-state index contributed by atoms with van der Waals surface area (Å²) in [4.78, 5) is 23.1. The predicted octanol–water partition coefficient (Wildman–Crippen LogP) is 5.08. The second-order valence-corrected chi connectivity index (χ2v) is 12.6. The molecule has 38 heavy (non-hydrogen) atoms. The van der Waals surface area contributed by atoms with E-state index >= 15 is 0 Å². The number of halogens is 2. The Balaban J connectivity index is 1.77. The van der Waals surface area contributed by atoms with E-state index in [1.54, 1.807) is 48.5 Å². The van der Waals surface area contributed by atoms with Crippen molar-refractivity contribution in [2.75, 3.05) is 24.0 Å². The molecule has 0 aliphatic carbocycles. The van der Waals surface area contributed by atoms with Gasteiger partial charge >= 0.3 is 11.9 Å². The largest absolute Gasteiger partial charge is 0.479 e. The molecular weight excluding hydrogens is 620 g/mol. The Bertz CT molecular complexity index is 1460. The molecule has 0 spiro atoms. The number of ether oxygens (including phenoxy) is 1. The molecule has 1 aliphatic heterocycles. The lowest BCUT2D eigenvalue weighted by molar-refractivity contribution is -0.139. The quantitative estimate of drug-likeness (QED) is 0.279. The smallest absolute Gasteiger partial charge is 0.349 e. The Kier molecular flexibility index (Phi) is 8.99. The lowest BCUT2D eigenvalue weighted by Crippen LogP contribution is -2.46. The van der Waals surface area contributed by atoms with Crippen LogP contribution < -0.4 is 14.4 Å². The van der Waals surface area contributed by atoms with E-state index in [1.807, 2.05) is 0 Å². The number of carboxylic acids is 2. The minimum atomic E-state index is -3.87. The first-order valence-electron chi connectivity index (χ1n) is 11.6. The Labute approximate surface area is 237 Å². The van der Waals surface area contributed by atoms with E-state index in [2.05, 4.69) is 21.2 Å². The van der Waals surface area contributed by atoms with E-state index in [4.69, 9.17) is 21.4 Å². The standard InChI is InChI=1S/C25H24BrClN2O7S2/c26-21-22(36-13-20(30)31)24(25(32)33)37-23(21)15-5-3-6-18(12-15)29(17-8-10-28-11-9-17)38(34,35)14-16-4-1-2-7-19(16)27/h1-7,12,17,28H,8-11,13-14H2,(H,30,31)(H,32,33). The highest BCUT2D eigenvalue weighted by atomic mass is 79.9. The molecule has 1 aliphatic rings. The molecule has 3 N–H and O–H groups in total. The zero-order chi connectivity index (χ0) is 27.4. The van der Waals surface area contributed by atoms with Gasteiger partial charge in [-0.3, -0.25) is 4.31 Å². The minimum absolute atomic E-state index is 0.0909. The number of hydrogen-bond acceptors (Lipinski definition) is 7. The van der Waals surface area contributed by atoms with Gasteiger partial charge in [-0.15, -0.1) is 11.3 Å². The number of carboxylic acid groups (broad SMARTS) is 2. The molecule has 0 radical (unpaired) electrons. The summed E-state index contributed by atoms with van der Waals surface area (Å²) in [6.45, 7) is 0.634. The third kappa shape index (κ3) is 6.32. The number of piperidine rings is 1. The van der Waals surface area contributed by atoms with Crippen molar-refractivity contribution in [1.29, 1.82) is 0 Å². The summed E-state index contributed by atoms with van der Waals surface area (Å²) in [5.74, 6) is -2.88. The Hall–Kier alpha value is -2.64. The van der Waals surface area contributed by atoms with Crippen LogP contribution in [0, 0.1) is 0 Å². The van der Waals surface area contributed by atoms with Crippen LogP contribution >= 0.6 is 38.9 Å². The van der Waals surface area contributed by atoms with E-state index in [0.717, 1.165) is 11.3 Å². The van der Waals surface area contributed by atoms with Crippen molar-refractivity contribution in [3.05, 3.63) is 68.5 Å². The Morgan fingerprint density at radius 3 is 2.50 bits per heavy atom. The van der Waals surface area contributed by atoms with Crippen LogP contribution in [-0.2, 0) is 20.6 Å². The van der Waals surface area contributed by atoms with Crippen molar-refractivity contribution in [2.24, 2.45) is 0 Å². The maximum absolute atomic E-state index is 13.9. The fraction of sp³-hybridized carbons (Fsp3) is 0.280. The summed E-state index contributed by atoms with van der Waals surface area (Å²) in [5.41, 5.74) is 1.49. The van der Waals surface area contributed by atoms with E-state index in [1.165, 1.54) is 4.31 Å². The van der Waals surface area contributed by atoms with Gasteiger partial charge in [0.2, 0.25) is 10.0 Å². The number of sulfonamides is 1. The van der Waals surface area contributed by atoms with Crippen molar-refractivity contribution in [2.45, 2.75) is 24.6 Å². The summed E-state index contributed by atoms with van der Waals surface area (Å²) in [7, 11) is -3.87. The molecule has 3 aromatic rings. The van der Waals surface area contributed by atoms with E-state index in [0.29, 0.717) is 52.6 Å². The number of carbonyl (C=O) groups is 2. The minimum Gasteiger partial charge on any atom is -0.479 e. The highest BCUT2D eigenvalue weighted by molar-refractivity contribution is 9.10. The van der Waals surface area contributed by atoms with E-state index < -0.39 is 28.6 Å². The number of nitrogens with zero attached hydrogens (tertiary/aromatic N) is 1. The van der Waals surface area contributed by atoms with Crippen molar-refractivity contribution in [3.63, 3.8) is 0 Å². The molecule has 9 nitrogen and oxygen atoms in total. The van der Waals surface area contributed by atoms with Crippen molar-refractivity contribution in [3.8, 4) is 16.2 Å². The van der Waals surface area contributed by atoms with Crippen LogP contribution in [0.4, 0.5) is 5.69 Å². The molecule has 202 valence electrons. The molecule has 0 atom stereocenters. The highest BCUT2D eigenvalue weighted by Gasteiger charge is 2.33. The van der Waals surface area contributed by atoms with Crippen molar-refractivity contribution >= 4 is 66.5 Å². The maximum atomic E-state index is 13.9. The molecular formula is C25H24BrClN2O7S2. The first-order valence-corrected chi connectivity index (χ1v) is 15.1. The van der Waals surface area contributed by atoms with Gasteiger partial charge in [-0.25, -0.2) is 18.0 Å². The average Bonchev–Trinajstić information content (AvgIpc) is 3.21. The van der Waals surface area contributed by atoms with Gasteiger partial charge < -0.3 is 20.3 Å². The zero-order valence-electron chi connectivity index (χ0n) is 19.9. The van der Waals surface area contributed by atoms with Gasteiger partial charge in [0.15, 0.2) is 17.2 Å². The number of thiophene rings is 1. The molecule has 0 amide bonds.